The molecule has 1 atom stereocenters. The number of nitrogens with zero attached hydrogens (tertiary/aromatic N) is 3. The van der Waals surface area contributed by atoms with Gasteiger partial charge in [-0.25, -0.2) is 0 Å². The Morgan fingerprint density at radius 1 is 1.60 bits per heavy atom. The minimum absolute atomic E-state index is 0.00486. The van der Waals surface area contributed by atoms with Gasteiger partial charge in [0, 0.05) is 9.81 Å². The molecular formula is C9H11N3O2S. The Balaban J connectivity index is 2.89. The molecule has 0 fully saturated rings. The highest BCUT2D eigenvalue weighted by Gasteiger charge is 2.08. The topological polar surface area (TPSA) is 89.2 Å². The zero-order valence-corrected chi connectivity index (χ0v) is 8.98. The molecule has 0 radical (unpaired) electrons. The van der Waals surface area contributed by atoms with Gasteiger partial charge < -0.3 is 10.2 Å². The maximum Gasteiger partial charge on any atom is 0.129 e. The van der Waals surface area contributed by atoms with E-state index >= 15 is 0 Å². The summed E-state index contributed by atoms with van der Waals surface area (Å²) < 4.78 is 0. The van der Waals surface area contributed by atoms with Gasteiger partial charge in [0.25, 0.3) is 0 Å². The molecule has 2 N–H and O–H groups in total. The number of rotatable bonds is 4. The Bertz CT molecular complexity index is 391. The molecule has 15 heavy (non-hydrogen) atoms. The van der Waals surface area contributed by atoms with Gasteiger partial charge in [-0.15, -0.1) is 11.8 Å². The SMILES string of the molecule is CSc1cc(C(O)CN=[N+]=[N-])ccc1O. The Kier molecular flexibility index (Phi) is 4.30. The van der Waals surface area contributed by atoms with Crippen LogP contribution in [0.15, 0.2) is 28.2 Å². The van der Waals surface area contributed by atoms with Gasteiger partial charge in [0.15, 0.2) is 0 Å². The molecule has 1 aromatic rings. The first-order chi connectivity index (χ1) is 7.19. The molecule has 1 unspecified atom stereocenters. The van der Waals surface area contributed by atoms with Crippen molar-refractivity contribution < 1.29 is 10.2 Å². The Hall–Kier alpha value is -1.36. The van der Waals surface area contributed by atoms with Gasteiger partial charge in [0.05, 0.1) is 12.6 Å². The molecule has 5 nitrogen and oxygen atoms in total. The second-order valence-electron chi connectivity index (χ2n) is 2.86. The molecule has 0 spiro atoms. The molecule has 0 heterocycles. The number of aliphatic hydroxyl groups excluding tert-OH is 1. The van der Waals surface area contributed by atoms with Crippen LogP contribution in [0.25, 0.3) is 10.4 Å². The molecule has 0 saturated heterocycles. The maximum atomic E-state index is 9.61. The second-order valence-corrected chi connectivity index (χ2v) is 3.71. The van der Waals surface area contributed by atoms with Gasteiger partial charge in [0.2, 0.25) is 0 Å². The van der Waals surface area contributed by atoms with Crippen LogP contribution in [0, 0.1) is 0 Å². The first kappa shape index (κ1) is 11.7. The third-order valence-electron chi connectivity index (χ3n) is 1.91. The van der Waals surface area contributed by atoms with Crippen LogP contribution in [0.3, 0.4) is 0 Å². The van der Waals surface area contributed by atoms with Crippen molar-refractivity contribution >= 4 is 11.8 Å². The summed E-state index contributed by atoms with van der Waals surface area (Å²) in [5.41, 5.74) is 8.74. The van der Waals surface area contributed by atoms with Crippen molar-refractivity contribution in [3.63, 3.8) is 0 Å². The van der Waals surface area contributed by atoms with Crippen LogP contribution in [0.1, 0.15) is 11.7 Å². The number of hydrogen-bond donors (Lipinski definition) is 2. The van der Waals surface area contributed by atoms with Crippen molar-refractivity contribution in [2.24, 2.45) is 5.11 Å². The van der Waals surface area contributed by atoms with E-state index in [1.165, 1.54) is 17.8 Å². The Labute approximate surface area is 91.4 Å². The quantitative estimate of drug-likeness (QED) is 0.357. The lowest BCUT2D eigenvalue weighted by Crippen LogP contribution is -2.00. The molecule has 0 amide bonds. The standard InChI is InChI=1S/C9H11N3O2S/c1-15-9-4-6(2-3-7(9)13)8(14)5-11-12-10/h2-4,8,13-14H,5H2,1H3. The minimum atomic E-state index is -0.826. The van der Waals surface area contributed by atoms with Gasteiger partial charge in [-0.1, -0.05) is 11.2 Å². The first-order valence-corrected chi connectivity index (χ1v) is 5.47. The summed E-state index contributed by atoms with van der Waals surface area (Å²) in [4.78, 5) is 3.26. The number of benzene rings is 1. The number of aromatic hydroxyl groups is 1. The molecule has 0 saturated carbocycles. The predicted molar refractivity (Wildman–Crippen MR) is 58.9 cm³/mol. The molecule has 0 aromatic heterocycles. The van der Waals surface area contributed by atoms with Crippen LogP contribution in [0.4, 0.5) is 0 Å². The van der Waals surface area contributed by atoms with E-state index < -0.39 is 6.10 Å². The minimum Gasteiger partial charge on any atom is -0.507 e. The summed E-state index contributed by atoms with van der Waals surface area (Å²) in [5, 5.41) is 22.3. The van der Waals surface area contributed by atoms with Gasteiger partial charge >= 0.3 is 0 Å². The molecule has 0 aliphatic carbocycles. The summed E-state index contributed by atoms with van der Waals surface area (Å²) in [5.74, 6) is 0.183. The van der Waals surface area contributed by atoms with Crippen molar-refractivity contribution in [2.75, 3.05) is 12.8 Å². The van der Waals surface area contributed by atoms with E-state index in [9.17, 15) is 10.2 Å². The van der Waals surface area contributed by atoms with Crippen LogP contribution in [0.5, 0.6) is 5.75 Å². The van der Waals surface area contributed by atoms with E-state index in [2.05, 4.69) is 10.0 Å². The Morgan fingerprint density at radius 2 is 2.33 bits per heavy atom. The van der Waals surface area contributed by atoms with Crippen molar-refractivity contribution in [1.29, 1.82) is 0 Å². The zero-order chi connectivity index (χ0) is 11.3. The molecule has 0 bridgehead atoms. The monoisotopic (exact) mass is 225 g/mol. The van der Waals surface area contributed by atoms with Crippen LogP contribution in [0.2, 0.25) is 0 Å². The third-order valence-corrected chi connectivity index (χ3v) is 2.67. The number of hydrogen-bond acceptors (Lipinski definition) is 4. The fourth-order valence-electron chi connectivity index (χ4n) is 1.12. The smallest absolute Gasteiger partial charge is 0.129 e. The number of phenols is 1. The predicted octanol–water partition coefficient (Wildman–Crippen LogP) is 2.46. The molecule has 1 rings (SSSR count). The maximum absolute atomic E-state index is 9.61. The fourth-order valence-corrected chi connectivity index (χ4v) is 1.65. The van der Waals surface area contributed by atoms with Gasteiger partial charge in [-0.2, -0.15) is 0 Å². The van der Waals surface area contributed by atoms with E-state index in [0.29, 0.717) is 10.5 Å². The molecule has 80 valence electrons. The largest absolute Gasteiger partial charge is 0.507 e. The number of aliphatic hydroxyl groups is 1. The van der Waals surface area contributed by atoms with Crippen molar-refractivity contribution in [2.45, 2.75) is 11.0 Å². The molecular weight excluding hydrogens is 214 g/mol. The zero-order valence-electron chi connectivity index (χ0n) is 8.16. The molecule has 6 heteroatoms. The molecule has 0 aliphatic heterocycles. The van der Waals surface area contributed by atoms with Crippen LogP contribution in [-0.2, 0) is 0 Å². The lowest BCUT2D eigenvalue weighted by atomic mass is 10.1. The van der Waals surface area contributed by atoms with Crippen LogP contribution in [-0.4, -0.2) is 23.0 Å². The van der Waals surface area contributed by atoms with E-state index in [-0.39, 0.29) is 12.3 Å². The second kappa shape index (κ2) is 5.50. The van der Waals surface area contributed by atoms with E-state index in [1.807, 2.05) is 6.26 Å². The van der Waals surface area contributed by atoms with Crippen molar-refractivity contribution in [1.82, 2.24) is 0 Å². The number of azide groups is 1. The summed E-state index contributed by atoms with van der Waals surface area (Å²) in [6.07, 6.45) is 1.01. The first-order valence-electron chi connectivity index (χ1n) is 4.25. The highest BCUT2D eigenvalue weighted by Crippen LogP contribution is 2.29. The number of phenolic OH excluding ortho intramolecular Hbond substituents is 1. The normalized spacial score (nSPS) is 11.9. The van der Waals surface area contributed by atoms with Gasteiger partial charge in [0.1, 0.15) is 5.75 Å². The highest BCUT2D eigenvalue weighted by atomic mass is 32.2. The van der Waals surface area contributed by atoms with Crippen LogP contribution < -0.4 is 0 Å². The Morgan fingerprint density at radius 3 is 2.93 bits per heavy atom. The van der Waals surface area contributed by atoms with Gasteiger partial charge in [-0.3, -0.25) is 0 Å². The summed E-state index contributed by atoms with van der Waals surface area (Å²) in [7, 11) is 0. The van der Waals surface area contributed by atoms with Crippen LogP contribution >= 0.6 is 11.8 Å². The average molecular weight is 225 g/mol. The fraction of sp³-hybridized carbons (Fsp3) is 0.333. The van der Waals surface area contributed by atoms with E-state index in [1.54, 1.807) is 12.1 Å². The summed E-state index contributed by atoms with van der Waals surface area (Å²) in [6, 6.07) is 4.80. The molecule has 0 aliphatic rings. The van der Waals surface area contributed by atoms with E-state index in [0.717, 1.165) is 0 Å². The number of thioether (sulfide) groups is 1. The average Bonchev–Trinajstić information content (AvgIpc) is 2.26. The van der Waals surface area contributed by atoms with E-state index in [4.69, 9.17) is 5.53 Å². The van der Waals surface area contributed by atoms with Crippen molar-refractivity contribution in [3.8, 4) is 5.75 Å². The lowest BCUT2D eigenvalue weighted by molar-refractivity contribution is 0.186. The van der Waals surface area contributed by atoms with Crippen molar-refractivity contribution in [3.05, 3.63) is 34.2 Å². The van der Waals surface area contributed by atoms with Gasteiger partial charge in [-0.05, 0) is 29.5 Å². The lowest BCUT2D eigenvalue weighted by Gasteiger charge is -2.09. The molecule has 1 aromatic carbocycles. The summed E-state index contributed by atoms with van der Waals surface area (Å²) >= 11 is 1.39. The summed E-state index contributed by atoms with van der Waals surface area (Å²) in [6.45, 7) is -0.00486. The highest BCUT2D eigenvalue weighted by molar-refractivity contribution is 7.98. The third kappa shape index (κ3) is 3.06.